The number of carbonyl (C=O) groups excluding carboxylic acids is 2. The summed E-state index contributed by atoms with van der Waals surface area (Å²) >= 11 is 1.24. The van der Waals surface area contributed by atoms with Crippen LogP contribution in [0.1, 0.15) is 25.3 Å². The second kappa shape index (κ2) is 8.97. The highest BCUT2D eigenvalue weighted by Crippen LogP contribution is 2.19. The van der Waals surface area contributed by atoms with Crippen LogP contribution >= 0.6 is 11.3 Å². The highest BCUT2D eigenvalue weighted by Gasteiger charge is 2.14. The molecule has 0 atom stereocenters. The summed E-state index contributed by atoms with van der Waals surface area (Å²) in [5.74, 6) is 0.422. The van der Waals surface area contributed by atoms with Crippen LogP contribution in [0.3, 0.4) is 0 Å². The first-order chi connectivity index (χ1) is 11.6. The minimum absolute atomic E-state index is 0.103. The van der Waals surface area contributed by atoms with E-state index in [4.69, 9.17) is 4.74 Å². The van der Waals surface area contributed by atoms with E-state index >= 15 is 0 Å². The average Bonchev–Trinajstić information content (AvgIpc) is 3.07. The number of benzene rings is 1. The van der Waals surface area contributed by atoms with E-state index in [-0.39, 0.29) is 24.7 Å². The van der Waals surface area contributed by atoms with E-state index in [0.29, 0.717) is 18.3 Å². The molecular weight excluding hydrogens is 328 g/mol. The Morgan fingerprint density at radius 3 is 2.79 bits per heavy atom. The molecule has 0 saturated carbocycles. The topological polar surface area (TPSA) is 84.4 Å². The Kier molecular flexibility index (Phi) is 6.68. The van der Waals surface area contributed by atoms with Crippen molar-refractivity contribution in [1.82, 2.24) is 15.1 Å². The van der Waals surface area contributed by atoms with Gasteiger partial charge in [0.15, 0.2) is 0 Å². The van der Waals surface area contributed by atoms with Gasteiger partial charge in [-0.1, -0.05) is 29.5 Å². The number of aromatic nitrogens is 2. The molecule has 2 rings (SSSR count). The fourth-order valence-corrected chi connectivity index (χ4v) is 2.56. The summed E-state index contributed by atoms with van der Waals surface area (Å²) in [4.78, 5) is 25.6. The van der Waals surface area contributed by atoms with Crippen LogP contribution in [-0.2, 0) is 16.1 Å². The van der Waals surface area contributed by atoms with Crippen LogP contribution in [0, 0.1) is 0 Å². The molecule has 0 saturated heterocycles. The Hall–Kier alpha value is -2.48. The zero-order valence-corrected chi connectivity index (χ0v) is 14.5. The lowest BCUT2D eigenvalue weighted by atomic mass is 10.2. The van der Waals surface area contributed by atoms with Crippen molar-refractivity contribution in [2.75, 3.05) is 19.0 Å². The number of carbonyl (C=O) groups is 2. The van der Waals surface area contributed by atoms with Gasteiger partial charge in [-0.15, -0.1) is 10.2 Å². The summed E-state index contributed by atoms with van der Waals surface area (Å²) in [6.07, 6.45) is 0.244. The number of nitrogens with zero attached hydrogens (tertiary/aromatic N) is 3. The van der Waals surface area contributed by atoms with Crippen molar-refractivity contribution in [1.29, 1.82) is 0 Å². The molecule has 0 unspecified atom stereocenters. The van der Waals surface area contributed by atoms with Crippen molar-refractivity contribution in [2.24, 2.45) is 0 Å². The van der Waals surface area contributed by atoms with Crippen LogP contribution in [0.25, 0.3) is 0 Å². The highest BCUT2D eigenvalue weighted by atomic mass is 32.1. The standard InChI is InChI=1S/C16H20N4O3S/c1-3-23-13-7-5-4-6-12(13)10-20(2)15(22)9-8-14(21)18-16-19-17-11-24-16/h4-7,11H,3,8-10H2,1-2H3,(H,18,19,21). The molecule has 0 aliphatic rings. The number of amides is 2. The minimum Gasteiger partial charge on any atom is -0.494 e. The van der Waals surface area contributed by atoms with Crippen LogP contribution in [0.4, 0.5) is 5.13 Å². The zero-order valence-electron chi connectivity index (χ0n) is 13.7. The molecule has 2 aromatic rings. The van der Waals surface area contributed by atoms with Gasteiger partial charge in [0.2, 0.25) is 16.9 Å². The lowest BCUT2D eigenvalue weighted by molar-refractivity contribution is -0.132. The minimum atomic E-state index is -0.247. The number of nitrogens with one attached hydrogen (secondary N) is 1. The third-order valence-electron chi connectivity index (χ3n) is 3.28. The summed E-state index contributed by atoms with van der Waals surface area (Å²) in [5.41, 5.74) is 2.47. The van der Waals surface area contributed by atoms with E-state index in [1.807, 2.05) is 31.2 Å². The van der Waals surface area contributed by atoms with Crippen LogP contribution in [0.15, 0.2) is 29.8 Å². The van der Waals surface area contributed by atoms with Crippen molar-refractivity contribution in [2.45, 2.75) is 26.3 Å². The first-order valence-corrected chi connectivity index (χ1v) is 8.48. The smallest absolute Gasteiger partial charge is 0.226 e. The van der Waals surface area contributed by atoms with Crippen molar-refractivity contribution in [3.05, 3.63) is 35.3 Å². The van der Waals surface area contributed by atoms with Crippen molar-refractivity contribution < 1.29 is 14.3 Å². The van der Waals surface area contributed by atoms with Crippen molar-refractivity contribution in [3.8, 4) is 5.75 Å². The van der Waals surface area contributed by atoms with Gasteiger partial charge in [-0.25, -0.2) is 0 Å². The highest BCUT2D eigenvalue weighted by molar-refractivity contribution is 7.13. The van der Waals surface area contributed by atoms with E-state index in [9.17, 15) is 9.59 Å². The first-order valence-electron chi connectivity index (χ1n) is 7.60. The lowest BCUT2D eigenvalue weighted by Crippen LogP contribution is -2.27. The van der Waals surface area contributed by atoms with Gasteiger partial charge in [-0.05, 0) is 13.0 Å². The molecule has 24 heavy (non-hydrogen) atoms. The Labute approximate surface area is 144 Å². The normalized spacial score (nSPS) is 10.2. The summed E-state index contributed by atoms with van der Waals surface area (Å²) < 4.78 is 5.56. The van der Waals surface area contributed by atoms with Gasteiger partial charge in [0.1, 0.15) is 11.3 Å². The molecule has 0 bridgehead atoms. The predicted octanol–water partition coefficient (Wildman–Crippen LogP) is 2.31. The van der Waals surface area contributed by atoms with Gasteiger partial charge >= 0.3 is 0 Å². The fourth-order valence-electron chi connectivity index (χ4n) is 2.10. The van der Waals surface area contributed by atoms with Crippen LogP contribution < -0.4 is 10.1 Å². The average molecular weight is 348 g/mol. The lowest BCUT2D eigenvalue weighted by Gasteiger charge is -2.19. The number of ether oxygens (including phenoxy) is 1. The molecule has 8 heteroatoms. The van der Waals surface area contributed by atoms with Gasteiger partial charge in [0, 0.05) is 32.0 Å². The van der Waals surface area contributed by atoms with Crippen molar-refractivity contribution in [3.63, 3.8) is 0 Å². The molecule has 1 heterocycles. The third kappa shape index (κ3) is 5.31. The molecular formula is C16H20N4O3S. The molecule has 2 amide bonds. The van der Waals surface area contributed by atoms with Crippen LogP contribution in [-0.4, -0.2) is 40.6 Å². The Morgan fingerprint density at radius 1 is 1.29 bits per heavy atom. The number of rotatable bonds is 8. The van der Waals surface area contributed by atoms with Crippen LogP contribution in [0.5, 0.6) is 5.75 Å². The van der Waals surface area contributed by atoms with Gasteiger partial charge < -0.3 is 15.0 Å². The van der Waals surface area contributed by atoms with E-state index in [0.717, 1.165) is 11.3 Å². The van der Waals surface area contributed by atoms with E-state index in [1.165, 1.54) is 16.8 Å². The summed E-state index contributed by atoms with van der Waals surface area (Å²) in [7, 11) is 1.72. The molecule has 0 aliphatic heterocycles. The van der Waals surface area contributed by atoms with Gasteiger partial charge in [-0.2, -0.15) is 0 Å². The van der Waals surface area contributed by atoms with E-state index < -0.39 is 0 Å². The molecule has 0 fully saturated rings. The quantitative estimate of drug-likeness (QED) is 0.791. The molecule has 0 spiro atoms. The van der Waals surface area contributed by atoms with Gasteiger partial charge in [0.25, 0.3) is 0 Å². The predicted molar refractivity (Wildman–Crippen MR) is 91.9 cm³/mol. The molecule has 0 aliphatic carbocycles. The third-order valence-corrected chi connectivity index (χ3v) is 3.88. The number of hydrogen-bond acceptors (Lipinski definition) is 6. The Balaban J connectivity index is 1.83. The number of para-hydroxylation sites is 1. The van der Waals surface area contributed by atoms with Crippen molar-refractivity contribution >= 4 is 28.3 Å². The second-order valence-electron chi connectivity index (χ2n) is 5.08. The molecule has 0 radical (unpaired) electrons. The maximum absolute atomic E-state index is 12.2. The second-order valence-corrected chi connectivity index (χ2v) is 5.92. The Morgan fingerprint density at radius 2 is 2.08 bits per heavy atom. The number of hydrogen-bond donors (Lipinski definition) is 1. The molecule has 128 valence electrons. The summed E-state index contributed by atoms with van der Waals surface area (Å²) in [5, 5.41) is 10.4. The summed E-state index contributed by atoms with van der Waals surface area (Å²) in [6.45, 7) is 2.93. The fraction of sp³-hybridized carbons (Fsp3) is 0.375. The van der Waals surface area contributed by atoms with E-state index in [1.54, 1.807) is 11.9 Å². The van der Waals surface area contributed by atoms with Gasteiger partial charge in [-0.3, -0.25) is 9.59 Å². The molecule has 1 N–H and O–H groups in total. The SMILES string of the molecule is CCOc1ccccc1CN(C)C(=O)CCC(=O)Nc1nncs1. The Bertz CT molecular complexity index is 676. The largest absolute Gasteiger partial charge is 0.494 e. The maximum Gasteiger partial charge on any atom is 0.226 e. The molecule has 1 aromatic heterocycles. The van der Waals surface area contributed by atoms with Crippen LogP contribution in [0.2, 0.25) is 0 Å². The zero-order chi connectivity index (χ0) is 17.4. The van der Waals surface area contributed by atoms with E-state index in [2.05, 4.69) is 15.5 Å². The first kappa shape index (κ1) is 17.9. The monoisotopic (exact) mass is 348 g/mol. The number of anilines is 1. The molecule has 7 nitrogen and oxygen atoms in total. The summed E-state index contributed by atoms with van der Waals surface area (Å²) in [6, 6.07) is 7.61. The molecule has 1 aromatic carbocycles. The maximum atomic E-state index is 12.2. The van der Waals surface area contributed by atoms with Gasteiger partial charge in [0.05, 0.1) is 6.61 Å².